The molecule has 0 N–H and O–H groups in total. The van der Waals surface area contributed by atoms with E-state index in [1.54, 1.807) is 20.8 Å². The molecular weight excluding hydrogens is 246 g/mol. The Balaban J connectivity index is 2.69. The molecule has 0 spiro atoms. The van der Waals surface area contributed by atoms with Gasteiger partial charge in [-0.3, -0.25) is 9.69 Å². The number of terminal acetylenes is 1. The first-order valence-corrected chi connectivity index (χ1v) is 6.38. The van der Waals surface area contributed by atoms with Gasteiger partial charge in [-0.1, -0.05) is 0 Å². The number of ketones is 1. The molecule has 1 saturated heterocycles. The Hall–Kier alpha value is -1.54. The Kier molecular flexibility index (Phi) is 5.37. The molecule has 0 aromatic rings. The van der Waals surface area contributed by atoms with Gasteiger partial charge in [0, 0.05) is 19.4 Å². The summed E-state index contributed by atoms with van der Waals surface area (Å²) in [6.45, 7) is 6.36. The maximum atomic E-state index is 12.1. The third kappa shape index (κ3) is 4.92. The topological polar surface area (TPSA) is 55.8 Å². The molecule has 1 fully saturated rings. The summed E-state index contributed by atoms with van der Waals surface area (Å²) in [5.74, 6) is 2.34. The van der Waals surface area contributed by atoms with Gasteiger partial charge in [-0.15, -0.1) is 12.3 Å². The van der Waals surface area contributed by atoms with Crippen molar-refractivity contribution >= 4 is 11.9 Å². The molecule has 5 nitrogen and oxygen atoms in total. The highest BCUT2D eigenvalue weighted by atomic mass is 16.6. The molecule has 1 amide bonds. The van der Waals surface area contributed by atoms with Gasteiger partial charge in [0.05, 0.1) is 13.2 Å². The Morgan fingerprint density at radius 2 is 2.16 bits per heavy atom. The molecule has 1 atom stereocenters. The molecule has 0 bridgehead atoms. The summed E-state index contributed by atoms with van der Waals surface area (Å²) in [6.07, 6.45) is 5.29. The predicted molar refractivity (Wildman–Crippen MR) is 70.6 cm³/mol. The summed E-state index contributed by atoms with van der Waals surface area (Å²) in [4.78, 5) is 25.5. The normalized spacial score (nSPS) is 19.7. The summed E-state index contributed by atoms with van der Waals surface area (Å²) in [5, 5.41) is 0. The second-order valence-corrected chi connectivity index (χ2v) is 5.43. The number of amides is 1. The molecule has 0 aromatic carbocycles. The number of carbonyl (C=O) groups excluding carboxylic acids is 2. The Morgan fingerprint density at radius 1 is 1.47 bits per heavy atom. The van der Waals surface area contributed by atoms with Crippen LogP contribution >= 0.6 is 0 Å². The van der Waals surface area contributed by atoms with Gasteiger partial charge in [0.2, 0.25) is 0 Å². The van der Waals surface area contributed by atoms with Crippen molar-refractivity contribution in [3.8, 4) is 12.3 Å². The highest BCUT2D eigenvalue weighted by Crippen LogP contribution is 2.16. The molecule has 1 aliphatic heterocycles. The van der Waals surface area contributed by atoms with Crippen LogP contribution in [-0.2, 0) is 14.3 Å². The van der Waals surface area contributed by atoms with E-state index in [1.165, 1.54) is 4.90 Å². The van der Waals surface area contributed by atoms with Gasteiger partial charge in [-0.25, -0.2) is 4.79 Å². The van der Waals surface area contributed by atoms with E-state index in [9.17, 15) is 9.59 Å². The molecule has 0 radical (unpaired) electrons. The van der Waals surface area contributed by atoms with Crippen molar-refractivity contribution in [2.75, 3.05) is 19.8 Å². The fourth-order valence-corrected chi connectivity index (χ4v) is 1.77. The Labute approximate surface area is 114 Å². The minimum atomic E-state index is -0.586. The second kappa shape index (κ2) is 6.58. The molecule has 0 aliphatic carbocycles. The summed E-state index contributed by atoms with van der Waals surface area (Å²) in [7, 11) is 0. The van der Waals surface area contributed by atoms with Gasteiger partial charge in [0.15, 0.2) is 5.78 Å². The molecule has 1 unspecified atom stereocenters. The van der Waals surface area contributed by atoms with Crippen molar-refractivity contribution < 1.29 is 19.1 Å². The maximum Gasteiger partial charge on any atom is 0.411 e. The zero-order valence-corrected chi connectivity index (χ0v) is 11.8. The van der Waals surface area contributed by atoms with E-state index in [1.807, 2.05) is 0 Å². The van der Waals surface area contributed by atoms with Gasteiger partial charge in [-0.2, -0.15) is 0 Å². The number of carbonyl (C=O) groups is 2. The lowest BCUT2D eigenvalue weighted by molar-refractivity contribution is -0.130. The van der Waals surface area contributed by atoms with Crippen molar-refractivity contribution in [3.63, 3.8) is 0 Å². The molecule has 5 heteroatoms. The van der Waals surface area contributed by atoms with Crippen LogP contribution < -0.4 is 0 Å². The first-order chi connectivity index (χ1) is 8.85. The summed E-state index contributed by atoms with van der Waals surface area (Å²) in [5.41, 5.74) is -0.582. The smallest absolute Gasteiger partial charge is 0.411 e. The van der Waals surface area contributed by atoms with E-state index in [0.29, 0.717) is 19.6 Å². The average molecular weight is 267 g/mol. The highest BCUT2D eigenvalue weighted by molar-refractivity contribution is 5.88. The van der Waals surface area contributed by atoms with Crippen molar-refractivity contribution in [1.82, 2.24) is 4.90 Å². The molecule has 0 saturated carbocycles. The van der Waals surface area contributed by atoms with Gasteiger partial charge >= 0.3 is 6.09 Å². The standard InChI is InChI=1S/C14H21NO4/c1-5-6-7-12(16)11-10-18-9-8-15(11)13(17)19-14(2,3)4/h1,11H,6-10H2,2-4H3. The fourth-order valence-electron chi connectivity index (χ4n) is 1.77. The van der Waals surface area contributed by atoms with Crippen LogP contribution in [0, 0.1) is 12.3 Å². The first kappa shape index (κ1) is 15.5. The maximum absolute atomic E-state index is 12.1. The van der Waals surface area contributed by atoms with E-state index in [4.69, 9.17) is 15.9 Å². The minimum absolute atomic E-state index is 0.0801. The first-order valence-electron chi connectivity index (χ1n) is 6.38. The average Bonchev–Trinajstić information content (AvgIpc) is 2.34. The zero-order chi connectivity index (χ0) is 14.5. The molecule has 1 heterocycles. The van der Waals surface area contributed by atoms with E-state index >= 15 is 0 Å². The third-order valence-corrected chi connectivity index (χ3v) is 2.64. The number of hydrogen-bond donors (Lipinski definition) is 0. The number of ether oxygens (including phenoxy) is 2. The Morgan fingerprint density at radius 3 is 2.74 bits per heavy atom. The quantitative estimate of drug-likeness (QED) is 0.729. The summed E-state index contributed by atoms with van der Waals surface area (Å²) < 4.78 is 10.6. The number of rotatable bonds is 3. The van der Waals surface area contributed by atoms with E-state index in [0.717, 1.165) is 0 Å². The second-order valence-electron chi connectivity index (χ2n) is 5.43. The molecule has 1 aliphatic rings. The third-order valence-electron chi connectivity index (χ3n) is 2.64. The van der Waals surface area contributed by atoms with Gasteiger partial charge in [0.25, 0.3) is 0 Å². The van der Waals surface area contributed by atoms with E-state index in [2.05, 4.69) is 5.92 Å². The lowest BCUT2D eigenvalue weighted by Crippen LogP contribution is -2.53. The van der Waals surface area contributed by atoms with Gasteiger partial charge in [0.1, 0.15) is 11.6 Å². The van der Waals surface area contributed by atoms with Crippen molar-refractivity contribution in [2.24, 2.45) is 0 Å². The lowest BCUT2D eigenvalue weighted by Gasteiger charge is -2.35. The predicted octanol–water partition coefficient (Wildman–Crippen LogP) is 1.60. The summed E-state index contributed by atoms with van der Waals surface area (Å²) >= 11 is 0. The van der Waals surface area contributed by atoms with E-state index < -0.39 is 17.7 Å². The molecular formula is C14H21NO4. The molecule has 106 valence electrons. The fraction of sp³-hybridized carbons (Fsp3) is 0.714. The van der Waals surface area contributed by atoms with Crippen LogP contribution in [0.3, 0.4) is 0 Å². The number of Topliss-reactive ketones (excluding diaryl/α,β-unsaturated/α-hetero) is 1. The van der Waals surface area contributed by atoms with Crippen LogP contribution in [0.25, 0.3) is 0 Å². The Bertz CT molecular complexity index is 378. The monoisotopic (exact) mass is 267 g/mol. The molecule has 1 rings (SSSR count). The van der Waals surface area contributed by atoms with Crippen molar-refractivity contribution in [2.45, 2.75) is 45.3 Å². The largest absolute Gasteiger partial charge is 0.444 e. The minimum Gasteiger partial charge on any atom is -0.444 e. The van der Waals surface area contributed by atoms with Crippen molar-refractivity contribution in [3.05, 3.63) is 0 Å². The van der Waals surface area contributed by atoms with Crippen LogP contribution in [-0.4, -0.2) is 48.2 Å². The van der Waals surface area contributed by atoms with Gasteiger partial charge in [-0.05, 0) is 20.8 Å². The number of nitrogens with zero attached hydrogens (tertiary/aromatic N) is 1. The highest BCUT2D eigenvalue weighted by Gasteiger charge is 2.34. The SMILES string of the molecule is C#CCCC(=O)C1COCCN1C(=O)OC(C)(C)C. The van der Waals surface area contributed by atoms with E-state index in [-0.39, 0.29) is 18.8 Å². The zero-order valence-electron chi connectivity index (χ0n) is 11.8. The van der Waals surface area contributed by atoms with Crippen molar-refractivity contribution in [1.29, 1.82) is 0 Å². The van der Waals surface area contributed by atoms with Crippen LogP contribution in [0.5, 0.6) is 0 Å². The van der Waals surface area contributed by atoms with Crippen LogP contribution in [0.1, 0.15) is 33.6 Å². The molecule has 0 aromatic heterocycles. The van der Waals surface area contributed by atoms with Crippen LogP contribution in [0.15, 0.2) is 0 Å². The number of hydrogen-bond acceptors (Lipinski definition) is 4. The lowest BCUT2D eigenvalue weighted by atomic mass is 10.1. The summed E-state index contributed by atoms with van der Waals surface area (Å²) in [6, 6.07) is -0.586. The number of morpholine rings is 1. The molecule has 19 heavy (non-hydrogen) atoms. The van der Waals surface area contributed by atoms with Gasteiger partial charge < -0.3 is 9.47 Å². The van der Waals surface area contributed by atoms with Crippen LogP contribution in [0.2, 0.25) is 0 Å². The van der Waals surface area contributed by atoms with Crippen LogP contribution in [0.4, 0.5) is 4.79 Å².